The molecule has 2 nitrogen and oxygen atoms in total. The van der Waals surface area contributed by atoms with Crippen LogP contribution in [0.4, 0.5) is 0 Å². The highest BCUT2D eigenvalue weighted by Crippen LogP contribution is 2.33. The molecule has 1 heterocycles. The summed E-state index contributed by atoms with van der Waals surface area (Å²) in [5, 5.41) is 0. The van der Waals surface area contributed by atoms with E-state index in [2.05, 4.69) is 11.8 Å². The van der Waals surface area contributed by atoms with Crippen molar-refractivity contribution in [2.24, 2.45) is 17.6 Å². The molecule has 1 aliphatic carbocycles. The maximum absolute atomic E-state index is 5.69. The van der Waals surface area contributed by atoms with Gasteiger partial charge in [0.15, 0.2) is 0 Å². The molecule has 76 valence electrons. The van der Waals surface area contributed by atoms with Gasteiger partial charge in [-0.1, -0.05) is 19.8 Å². The first kappa shape index (κ1) is 9.47. The number of hydrogen-bond acceptors (Lipinski definition) is 2. The van der Waals surface area contributed by atoms with Crippen molar-refractivity contribution in [3.63, 3.8) is 0 Å². The first-order chi connectivity index (χ1) is 6.31. The summed E-state index contributed by atoms with van der Waals surface area (Å²) in [4.78, 5) is 2.59. The van der Waals surface area contributed by atoms with E-state index in [1.807, 2.05) is 0 Å². The van der Waals surface area contributed by atoms with Gasteiger partial charge in [-0.25, -0.2) is 0 Å². The van der Waals surface area contributed by atoms with Gasteiger partial charge in [0.1, 0.15) is 0 Å². The fraction of sp³-hybridized carbons (Fsp3) is 1.00. The summed E-state index contributed by atoms with van der Waals surface area (Å²) in [6.07, 6.45) is 5.69. The third-order valence-corrected chi connectivity index (χ3v) is 4.05. The zero-order chi connectivity index (χ0) is 9.26. The Morgan fingerprint density at radius 3 is 2.62 bits per heavy atom. The van der Waals surface area contributed by atoms with E-state index in [9.17, 15) is 0 Å². The lowest BCUT2D eigenvalue weighted by molar-refractivity contribution is 0.0701. The Bertz CT molecular complexity index is 167. The second-order valence-corrected chi connectivity index (χ2v) is 4.84. The fourth-order valence-corrected chi connectivity index (χ4v) is 2.80. The minimum absolute atomic E-state index is 0.716. The molecule has 0 bridgehead atoms. The average molecular weight is 182 g/mol. The average Bonchev–Trinajstić information content (AvgIpc) is 2.46. The Labute approximate surface area is 81.5 Å². The van der Waals surface area contributed by atoms with Crippen LogP contribution in [0.25, 0.3) is 0 Å². The number of rotatable bonds is 3. The first-order valence-electron chi connectivity index (χ1n) is 5.75. The van der Waals surface area contributed by atoms with E-state index >= 15 is 0 Å². The van der Waals surface area contributed by atoms with Gasteiger partial charge in [0, 0.05) is 25.7 Å². The molecule has 2 fully saturated rings. The Morgan fingerprint density at radius 2 is 2.15 bits per heavy atom. The van der Waals surface area contributed by atoms with Gasteiger partial charge in [0.25, 0.3) is 0 Å². The Hall–Kier alpha value is -0.0800. The molecule has 0 spiro atoms. The molecular weight excluding hydrogens is 160 g/mol. The van der Waals surface area contributed by atoms with Crippen LogP contribution in [-0.4, -0.2) is 30.6 Å². The van der Waals surface area contributed by atoms with Crippen LogP contribution in [0.2, 0.25) is 0 Å². The van der Waals surface area contributed by atoms with Gasteiger partial charge in [-0.05, 0) is 24.7 Å². The maximum Gasteiger partial charge on any atom is 0.0230 e. The van der Waals surface area contributed by atoms with E-state index in [4.69, 9.17) is 5.73 Å². The predicted octanol–water partition coefficient (Wildman–Crippen LogP) is 1.46. The molecule has 2 N–H and O–H groups in total. The van der Waals surface area contributed by atoms with Crippen molar-refractivity contribution < 1.29 is 0 Å². The third kappa shape index (κ3) is 1.89. The van der Waals surface area contributed by atoms with Gasteiger partial charge in [0.2, 0.25) is 0 Å². The van der Waals surface area contributed by atoms with Gasteiger partial charge < -0.3 is 5.73 Å². The lowest BCUT2D eigenvalue weighted by Crippen LogP contribution is -2.53. The molecule has 3 atom stereocenters. The molecule has 0 radical (unpaired) electrons. The normalized spacial score (nSPS) is 40.6. The highest BCUT2D eigenvalue weighted by atomic mass is 15.2. The summed E-state index contributed by atoms with van der Waals surface area (Å²) in [6.45, 7) is 5.89. The molecule has 0 aromatic heterocycles. The zero-order valence-corrected chi connectivity index (χ0v) is 8.71. The van der Waals surface area contributed by atoms with Gasteiger partial charge in [-0.2, -0.15) is 0 Å². The highest BCUT2D eigenvalue weighted by Gasteiger charge is 2.32. The van der Waals surface area contributed by atoms with Crippen molar-refractivity contribution >= 4 is 0 Å². The van der Waals surface area contributed by atoms with Crippen LogP contribution in [0.1, 0.15) is 32.6 Å². The van der Waals surface area contributed by atoms with E-state index in [0.717, 1.165) is 18.4 Å². The molecule has 1 saturated heterocycles. The minimum atomic E-state index is 0.716. The summed E-state index contributed by atoms with van der Waals surface area (Å²) in [7, 11) is 0. The molecule has 13 heavy (non-hydrogen) atoms. The monoisotopic (exact) mass is 182 g/mol. The third-order valence-electron chi connectivity index (χ3n) is 4.05. The van der Waals surface area contributed by atoms with Crippen molar-refractivity contribution in [3.05, 3.63) is 0 Å². The number of likely N-dealkylation sites (tertiary alicyclic amines) is 1. The second kappa shape index (κ2) is 3.97. The summed E-state index contributed by atoms with van der Waals surface area (Å²) in [6, 6.07) is 0.716. The van der Waals surface area contributed by atoms with E-state index in [0.29, 0.717) is 6.04 Å². The highest BCUT2D eigenvalue weighted by molar-refractivity contribution is 4.87. The molecule has 2 aliphatic rings. The molecule has 0 amide bonds. The van der Waals surface area contributed by atoms with Gasteiger partial charge >= 0.3 is 0 Å². The molecule has 1 aliphatic heterocycles. The van der Waals surface area contributed by atoms with E-state index in [-0.39, 0.29) is 0 Å². The molecule has 2 rings (SSSR count). The number of nitrogens with two attached hydrogens (primary N) is 1. The summed E-state index contributed by atoms with van der Waals surface area (Å²) >= 11 is 0. The fourth-order valence-electron chi connectivity index (χ4n) is 2.80. The zero-order valence-electron chi connectivity index (χ0n) is 8.71. The van der Waals surface area contributed by atoms with Crippen LogP contribution in [0.3, 0.4) is 0 Å². The topological polar surface area (TPSA) is 29.3 Å². The first-order valence-corrected chi connectivity index (χ1v) is 5.75. The van der Waals surface area contributed by atoms with E-state index < -0.39 is 0 Å². The summed E-state index contributed by atoms with van der Waals surface area (Å²) < 4.78 is 0. The maximum atomic E-state index is 5.69. The van der Waals surface area contributed by atoms with E-state index in [1.54, 1.807) is 0 Å². The molecular formula is C11H22N2. The lowest BCUT2D eigenvalue weighted by Gasteiger charge is -2.42. The number of hydrogen-bond donors (Lipinski definition) is 1. The quantitative estimate of drug-likeness (QED) is 0.716. The number of nitrogens with zero attached hydrogens (tertiary/aromatic N) is 1. The van der Waals surface area contributed by atoms with Crippen molar-refractivity contribution in [1.82, 2.24) is 4.90 Å². The van der Waals surface area contributed by atoms with Crippen LogP contribution in [-0.2, 0) is 0 Å². The van der Waals surface area contributed by atoms with Crippen LogP contribution in [0.5, 0.6) is 0 Å². The van der Waals surface area contributed by atoms with E-state index in [1.165, 1.54) is 38.8 Å². The predicted molar refractivity (Wildman–Crippen MR) is 55.5 cm³/mol. The van der Waals surface area contributed by atoms with Crippen LogP contribution in [0, 0.1) is 11.8 Å². The van der Waals surface area contributed by atoms with Gasteiger partial charge in [-0.15, -0.1) is 0 Å². The van der Waals surface area contributed by atoms with Crippen LogP contribution in [0.15, 0.2) is 0 Å². The van der Waals surface area contributed by atoms with Gasteiger partial charge in [-0.3, -0.25) is 4.90 Å². The molecule has 0 aromatic carbocycles. The largest absolute Gasteiger partial charge is 0.329 e. The molecule has 0 aromatic rings. The SMILES string of the molecule is CC1CCCC1CN1CCC1CN. The molecule has 2 heteroatoms. The van der Waals surface area contributed by atoms with Crippen molar-refractivity contribution in [2.45, 2.75) is 38.6 Å². The second-order valence-electron chi connectivity index (χ2n) is 4.84. The molecule has 3 unspecified atom stereocenters. The summed E-state index contributed by atoms with van der Waals surface area (Å²) in [5.41, 5.74) is 5.69. The van der Waals surface area contributed by atoms with Crippen molar-refractivity contribution in [3.8, 4) is 0 Å². The van der Waals surface area contributed by atoms with Crippen molar-refractivity contribution in [1.29, 1.82) is 0 Å². The lowest BCUT2D eigenvalue weighted by atomic mass is 9.94. The Kier molecular flexibility index (Phi) is 2.89. The summed E-state index contributed by atoms with van der Waals surface area (Å²) in [5.74, 6) is 1.92. The van der Waals surface area contributed by atoms with Crippen molar-refractivity contribution in [2.75, 3.05) is 19.6 Å². The van der Waals surface area contributed by atoms with Crippen LogP contribution < -0.4 is 5.73 Å². The van der Waals surface area contributed by atoms with Gasteiger partial charge in [0.05, 0.1) is 0 Å². The molecule has 1 saturated carbocycles. The smallest absolute Gasteiger partial charge is 0.0230 e. The Morgan fingerprint density at radius 1 is 1.31 bits per heavy atom. The van der Waals surface area contributed by atoms with Crippen LogP contribution >= 0.6 is 0 Å². The Balaban J connectivity index is 1.77. The standard InChI is InChI=1S/C11H22N2/c1-9-3-2-4-10(9)8-13-6-5-11(13)7-12/h9-11H,2-8,12H2,1H3. The minimum Gasteiger partial charge on any atom is -0.329 e.